The molecule has 4 rings (SSSR count). The van der Waals surface area contributed by atoms with E-state index in [1.54, 1.807) is 0 Å². The Morgan fingerprint density at radius 3 is 2.72 bits per heavy atom. The van der Waals surface area contributed by atoms with E-state index >= 15 is 0 Å². The van der Waals surface area contributed by atoms with E-state index in [-0.39, 0.29) is 11.9 Å². The molecule has 2 heterocycles. The number of benzene rings is 2. The van der Waals surface area contributed by atoms with Gasteiger partial charge in [0, 0.05) is 18.2 Å². The Morgan fingerprint density at radius 1 is 1.10 bits per heavy atom. The van der Waals surface area contributed by atoms with Crippen molar-refractivity contribution in [3.8, 4) is 11.5 Å². The molecule has 2 aromatic rings. The highest BCUT2D eigenvalue weighted by Gasteiger charge is 2.28. The van der Waals surface area contributed by atoms with Gasteiger partial charge in [0.05, 0.1) is 19.8 Å². The molecule has 1 amide bonds. The maximum absolute atomic E-state index is 12.8. The molecule has 5 nitrogen and oxygen atoms in total. The lowest BCUT2D eigenvalue weighted by Gasteiger charge is -2.25. The lowest BCUT2D eigenvalue weighted by Crippen LogP contribution is -2.33. The van der Waals surface area contributed by atoms with E-state index in [4.69, 9.17) is 9.47 Å². The molecule has 1 fully saturated rings. The Bertz CT molecular complexity index is 865. The van der Waals surface area contributed by atoms with Gasteiger partial charge in [-0.05, 0) is 54.6 Å². The number of fused-ring (bicyclic) bond motifs is 1. The third kappa shape index (κ3) is 4.56. The van der Waals surface area contributed by atoms with Gasteiger partial charge in [0.1, 0.15) is 0 Å². The highest BCUT2D eigenvalue weighted by molar-refractivity contribution is 5.93. The summed E-state index contributed by atoms with van der Waals surface area (Å²) in [6, 6.07) is 14.5. The molecule has 5 heteroatoms. The average molecular weight is 395 g/mol. The zero-order valence-corrected chi connectivity index (χ0v) is 17.3. The average Bonchev–Trinajstić information content (AvgIpc) is 3.03. The van der Waals surface area contributed by atoms with E-state index < -0.39 is 0 Å². The molecular weight excluding hydrogens is 364 g/mol. The second kappa shape index (κ2) is 8.87. The number of rotatable bonds is 5. The molecule has 0 saturated carbocycles. The van der Waals surface area contributed by atoms with Crippen LogP contribution in [0.5, 0.6) is 11.5 Å². The number of hydrogen-bond acceptors (Lipinski definition) is 4. The number of nitrogens with one attached hydrogen (secondary N) is 1. The van der Waals surface area contributed by atoms with Crippen LogP contribution in [0.2, 0.25) is 0 Å². The minimum atomic E-state index is 0.0411. The fourth-order valence-electron chi connectivity index (χ4n) is 4.27. The lowest BCUT2D eigenvalue weighted by atomic mass is 10.0. The number of ether oxygens (including phenoxy) is 2. The first-order chi connectivity index (χ1) is 14.1. The maximum atomic E-state index is 12.8. The van der Waals surface area contributed by atoms with Gasteiger partial charge in [0.15, 0.2) is 11.5 Å². The van der Waals surface area contributed by atoms with Gasteiger partial charge in [-0.1, -0.05) is 38.1 Å². The van der Waals surface area contributed by atoms with Gasteiger partial charge in [-0.3, -0.25) is 9.69 Å². The molecule has 1 atom stereocenters. The summed E-state index contributed by atoms with van der Waals surface area (Å²) >= 11 is 0. The summed E-state index contributed by atoms with van der Waals surface area (Å²) in [6.07, 6.45) is 3.04. The second-order valence-corrected chi connectivity index (χ2v) is 8.18. The van der Waals surface area contributed by atoms with Gasteiger partial charge in [0.25, 0.3) is 0 Å². The van der Waals surface area contributed by atoms with Gasteiger partial charge in [0.2, 0.25) is 5.91 Å². The number of hydrogen-bond donors (Lipinski definition) is 1. The molecule has 1 saturated heterocycles. The third-order valence-electron chi connectivity index (χ3n) is 5.72. The Labute approximate surface area is 173 Å². The number of para-hydroxylation sites is 1. The molecule has 2 aliphatic rings. The number of amides is 1. The van der Waals surface area contributed by atoms with E-state index in [2.05, 4.69) is 42.3 Å². The maximum Gasteiger partial charge on any atom is 0.238 e. The van der Waals surface area contributed by atoms with Crippen LogP contribution in [0.15, 0.2) is 42.5 Å². The zero-order valence-electron chi connectivity index (χ0n) is 17.3. The highest BCUT2D eigenvalue weighted by Crippen LogP contribution is 2.37. The largest absolute Gasteiger partial charge is 0.490 e. The highest BCUT2D eigenvalue weighted by atomic mass is 16.5. The number of likely N-dealkylation sites (tertiary alicyclic amines) is 1. The summed E-state index contributed by atoms with van der Waals surface area (Å²) in [5.41, 5.74) is 3.28. The minimum Gasteiger partial charge on any atom is -0.490 e. The summed E-state index contributed by atoms with van der Waals surface area (Å²) in [5, 5.41) is 3.12. The molecule has 2 aliphatic heterocycles. The minimum absolute atomic E-state index is 0.0411. The van der Waals surface area contributed by atoms with E-state index in [9.17, 15) is 4.79 Å². The van der Waals surface area contributed by atoms with Crippen molar-refractivity contribution in [2.24, 2.45) is 0 Å². The predicted molar refractivity (Wildman–Crippen MR) is 115 cm³/mol. The van der Waals surface area contributed by atoms with Gasteiger partial charge < -0.3 is 14.8 Å². The van der Waals surface area contributed by atoms with Crippen molar-refractivity contribution in [3.63, 3.8) is 0 Å². The summed E-state index contributed by atoms with van der Waals surface area (Å²) in [4.78, 5) is 15.1. The number of carbonyl (C=O) groups excluding carboxylic acids is 1. The first-order valence-electron chi connectivity index (χ1n) is 10.6. The fourth-order valence-corrected chi connectivity index (χ4v) is 4.27. The molecule has 0 spiro atoms. The van der Waals surface area contributed by atoms with Crippen molar-refractivity contribution in [1.82, 2.24) is 4.90 Å². The summed E-state index contributed by atoms with van der Waals surface area (Å²) in [7, 11) is 0. The smallest absolute Gasteiger partial charge is 0.238 e. The summed E-state index contributed by atoms with van der Waals surface area (Å²) in [6.45, 7) is 6.99. The van der Waals surface area contributed by atoms with Crippen LogP contribution in [0.3, 0.4) is 0 Å². The molecule has 2 aromatic carbocycles. The van der Waals surface area contributed by atoms with Crippen LogP contribution in [0.25, 0.3) is 0 Å². The summed E-state index contributed by atoms with van der Waals surface area (Å²) in [5.74, 6) is 2.05. The SMILES string of the molecule is CC(C)c1ccccc1NC(=O)CN1CCC[C@@H]1c1ccc2c(c1)OCCCO2. The Kier molecular flexibility index (Phi) is 6.05. The van der Waals surface area contributed by atoms with Crippen molar-refractivity contribution < 1.29 is 14.3 Å². The van der Waals surface area contributed by atoms with E-state index in [0.717, 1.165) is 43.0 Å². The van der Waals surface area contributed by atoms with E-state index in [1.807, 2.05) is 24.3 Å². The number of nitrogens with zero attached hydrogens (tertiary/aromatic N) is 1. The van der Waals surface area contributed by atoms with Crippen LogP contribution >= 0.6 is 0 Å². The number of carbonyl (C=O) groups is 1. The molecule has 29 heavy (non-hydrogen) atoms. The second-order valence-electron chi connectivity index (χ2n) is 8.18. The van der Waals surface area contributed by atoms with Crippen LogP contribution in [0.4, 0.5) is 5.69 Å². The van der Waals surface area contributed by atoms with Crippen LogP contribution in [0, 0.1) is 0 Å². The monoisotopic (exact) mass is 394 g/mol. The Balaban J connectivity index is 1.45. The van der Waals surface area contributed by atoms with E-state index in [0.29, 0.717) is 25.7 Å². The van der Waals surface area contributed by atoms with Gasteiger partial charge in [-0.2, -0.15) is 0 Å². The van der Waals surface area contributed by atoms with Crippen molar-refractivity contribution in [1.29, 1.82) is 0 Å². The first-order valence-corrected chi connectivity index (χ1v) is 10.6. The molecule has 0 radical (unpaired) electrons. The summed E-state index contributed by atoms with van der Waals surface area (Å²) < 4.78 is 11.6. The van der Waals surface area contributed by atoms with Crippen LogP contribution in [0.1, 0.15) is 56.2 Å². The third-order valence-corrected chi connectivity index (χ3v) is 5.72. The van der Waals surface area contributed by atoms with Crippen LogP contribution in [-0.2, 0) is 4.79 Å². The van der Waals surface area contributed by atoms with Crippen molar-refractivity contribution in [3.05, 3.63) is 53.6 Å². The van der Waals surface area contributed by atoms with E-state index in [1.165, 1.54) is 11.1 Å². The normalized spacial score (nSPS) is 19.2. The quantitative estimate of drug-likeness (QED) is 0.795. The molecule has 1 N–H and O–H groups in total. The van der Waals surface area contributed by atoms with Gasteiger partial charge in [-0.25, -0.2) is 0 Å². The molecular formula is C24H30N2O3. The van der Waals surface area contributed by atoms with Crippen LogP contribution in [-0.4, -0.2) is 37.1 Å². The number of anilines is 1. The molecule has 0 aliphatic carbocycles. The topological polar surface area (TPSA) is 50.8 Å². The van der Waals surface area contributed by atoms with Gasteiger partial charge >= 0.3 is 0 Å². The van der Waals surface area contributed by atoms with Gasteiger partial charge in [-0.15, -0.1) is 0 Å². The Morgan fingerprint density at radius 2 is 1.90 bits per heavy atom. The molecule has 0 aromatic heterocycles. The Hall–Kier alpha value is -2.53. The molecule has 0 unspecified atom stereocenters. The zero-order chi connectivity index (χ0) is 20.2. The lowest BCUT2D eigenvalue weighted by molar-refractivity contribution is -0.117. The predicted octanol–water partition coefficient (Wildman–Crippen LogP) is 4.75. The van der Waals surface area contributed by atoms with Crippen molar-refractivity contribution >= 4 is 11.6 Å². The van der Waals surface area contributed by atoms with Crippen molar-refractivity contribution in [2.75, 3.05) is 31.6 Å². The molecule has 0 bridgehead atoms. The standard InChI is InChI=1S/C24H30N2O3/c1-17(2)19-7-3-4-8-20(19)25-24(27)16-26-12-5-9-21(26)18-10-11-22-23(15-18)29-14-6-13-28-22/h3-4,7-8,10-11,15,17,21H,5-6,9,12-14,16H2,1-2H3,(H,25,27)/t21-/m1/s1. The molecule has 154 valence electrons. The van der Waals surface area contributed by atoms with Crippen LogP contribution < -0.4 is 14.8 Å². The first kappa shape index (κ1) is 19.8. The van der Waals surface area contributed by atoms with Crippen molar-refractivity contribution in [2.45, 2.75) is 45.1 Å². The fraction of sp³-hybridized carbons (Fsp3) is 0.458.